The van der Waals surface area contributed by atoms with E-state index in [1.807, 2.05) is 17.5 Å². The lowest BCUT2D eigenvalue weighted by atomic mass is 9.78. The summed E-state index contributed by atoms with van der Waals surface area (Å²) in [6.07, 6.45) is 8.00. The zero-order valence-corrected chi connectivity index (χ0v) is 13.5. The van der Waals surface area contributed by atoms with Gasteiger partial charge in [0.05, 0.1) is 17.5 Å². The van der Waals surface area contributed by atoms with E-state index in [4.69, 9.17) is 4.42 Å². The molecule has 0 amide bonds. The van der Waals surface area contributed by atoms with Crippen LogP contribution in [0.1, 0.15) is 38.5 Å². The molecule has 1 saturated carbocycles. The Morgan fingerprint density at radius 3 is 3.05 bits per heavy atom. The Kier molecular flexibility index (Phi) is 3.88. The van der Waals surface area contributed by atoms with E-state index in [0.29, 0.717) is 18.6 Å². The fraction of sp³-hybridized carbons (Fsp3) is 0.625. The SMILES string of the molecule is O=c1oc(-c2cccs2)nn1C[NH+]1CCC[C@@H]2CCCC[C@@H]21. The first-order valence-corrected chi connectivity index (χ1v) is 9.15. The molecule has 0 aromatic carbocycles. The number of hydrogen-bond acceptors (Lipinski definition) is 4. The molecule has 118 valence electrons. The Bertz CT molecular complexity index is 674. The molecule has 4 rings (SSSR count). The molecule has 3 heterocycles. The molecule has 3 atom stereocenters. The lowest BCUT2D eigenvalue weighted by molar-refractivity contribution is -0.958. The molecule has 6 heteroatoms. The summed E-state index contributed by atoms with van der Waals surface area (Å²) >= 11 is 1.55. The Labute approximate surface area is 133 Å². The van der Waals surface area contributed by atoms with Crippen LogP contribution in [0.4, 0.5) is 0 Å². The minimum atomic E-state index is -0.325. The van der Waals surface area contributed by atoms with Gasteiger partial charge >= 0.3 is 5.76 Å². The van der Waals surface area contributed by atoms with Gasteiger partial charge in [-0.1, -0.05) is 12.5 Å². The van der Waals surface area contributed by atoms with Crippen molar-refractivity contribution in [3.63, 3.8) is 0 Å². The third-order valence-corrected chi connectivity index (χ3v) is 6.06. The molecule has 2 aromatic rings. The molecule has 22 heavy (non-hydrogen) atoms. The number of hydrogen-bond donors (Lipinski definition) is 1. The van der Waals surface area contributed by atoms with Crippen molar-refractivity contribution in [3.05, 3.63) is 28.1 Å². The van der Waals surface area contributed by atoms with Crippen LogP contribution in [0.3, 0.4) is 0 Å². The number of nitrogens with zero attached hydrogens (tertiary/aromatic N) is 2. The van der Waals surface area contributed by atoms with E-state index >= 15 is 0 Å². The van der Waals surface area contributed by atoms with Crippen molar-refractivity contribution < 1.29 is 9.32 Å². The van der Waals surface area contributed by atoms with Gasteiger partial charge in [0.25, 0.3) is 5.89 Å². The lowest BCUT2D eigenvalue weighted by Gasteiger charge is -2.40. The van der Waals surface area contributed by atoms with E-state index in [1.54, 1.807) is 11.3 Å². The molecule has 2 fully saturated rings. The largest absolute Gasteiger partial charge is 0.442 e. The van der Waals surface area contributed by atoms with Gasteiger partial charge in [0, 0.05) is 5.92 Å². The summed E-state index contributed by atoms with van der Waals surface area (Å²) in [5, 5.41) is 6.38. The second-order valence-corrected chi connectivity index (χ2v) is 7.46. The normalized spacial score (nSPS) is 28.5. The molecular weight excluding hydrogens is 298 g/mol. The smallest absolute Gasteiger partial charge is 0.387 e. The van der Waals surface area contributed by atoms with Crippen LogP contribution in [0.15, 0.2) is 26.7 Å². The van der Waals surface area contributed by atoms with Crippen LogP contribution < -0.4 is 10.7 Å². The molecule has 1 aliphatic heterocycles. The van der Waals surface area contributed by atoms with Crippen LogP contribution >= 0.6 is 11.3 Å². The Morgan fingerprint density at radius 2 is 2.18 bits per heavy atom. The lowest BCUT2D eigenvalue weighted by Crippen LogP contribution is -3.17. The summed E-state index contributed by atoms with van der Waals surface area (Å²) in [7, 11) is 0. The molecule has 2 aliphatic rings. The number of rotatable bonds is 3. The van der Waals surface area contributed by atoms with Gasteiger partial charge < -0.3 is 9.32 Å². The number of likely N-dealkylation sites (tertiary alicyclic amines) is 1. The number of piperidine rings is 1. The summed E-state index contributed by atoms with van der Waals surface area (Å²) in [6.45, 7) is 1.80. The number of thiophene rings is 1. The summed E-state index contributed by atoms with van der Waals surface area (Å²) in [5.74, 6) is 0.974. The highest BCUT2D eigenvalue weighted by Gasteiger charge is 2.37. The van der Waals surface area contributed by atoms with E-state index < -0.39 is 0 Å². The molecular formula is C16H22N3O2S+. The molecule has 0 spiro atoms. The molecule has 1 N–H and O–H groups in total. The summed E-state index contributed by atoms with van der Waals surface area (Å²) in [6, 6.07) is 4.59. The zero-order chi connectivity index (χ0) is 14.9. The van der Waals surface area contributed by atoms with Gasteiger partial charge in [0.1, 0.15) is 0 Å². The van der Waals surface area contributed by atoms with Crippen LogP contribution in [0, 0.1) is 5.92 Å². The van der Waals surface area contributed by atoms with Gasteiger partial charge in [-0.05, 0) is 43.6 Å². The quantitative estimate of drug-likeness (QED) is 0.937. The number of quaternary nitrogens is 1. The number of aromatic nitrogens is 2. The second-order valence-electron chi connectivity index (χ2n) is 6.51. The fourth-order valence-electron chi connectivity index (χ4n) is 4.16. The van der Waals surface area contributed by atoms with Gasteiger partial charge in [0.2, 0.25) is 0 Å². The van der Waals surface area contributed by atoms with Crippen LogP contribution in [0.25, 0.3) is 10.8 Å². The molecule has 0 radical (unpaired) electrons. The minimum Gasteiger partial charge on any atom is -0.387 e. The van der Waals surface area contributed by atoms with Crippen molar-refractivity contribution >= 4 is 11.3 Å². The van der Waals surface area contributed by atoms with Crippen molar-refractivity contribution in [1.29, 1.82) is 0 Å². The van der Waals surface area contributed by atoms with Crippen LogP contribution in [-0.4, -0.2) is 22.4 Å². The van der Waals surface area contributed by atoms with Gasteiger partial charge in [0.15, 0.2) is 6.67 Å². The number of nitrogens with one attached hydrogen (secondary N) is 1. The van der Waals surface area contributed by atoms with Crippen LogP contribution in [0.5, 0.6) is 0 Å². The van der Waals surface area contributed by atoms with Crippen molar-refractivity contribution in [1.82, 2.24) is 9.78 Å². The minimum absolute atomic E-state index is 0.325. The van der Waals surface area contributed by atoms with Gasteiger partial charge in [-0.3, -0.25) is 0 Å². The molecule has 2 aromatic heterocycles. The van der Waals surface area contributed by atoms with E-state index in [0.717, 1.165) is 17.3 Å². The first-order valence-electron chi connectivity index (χ1n) is 8.27. The van der Waals surface area contributed by atoms with Crippen molar-refractivity contribution in [2.24, 2.45) is 5.92 Å². The Morgan fingerprint density at radius 1 is 1.32 bits per heavy atom. The van der Waals surface area contributed by atoms with Crippen LogP contribution in [0.2, 0.25) is 0 Å². The highest BCUT2D eigenvalue weighted by atomic mass is 32.1. The standard InChI is InChI=1S/C16H21N3O2S/c20-16-19(17-15(21-16)14-8-4-10-22-14)11-18-9-3-6-12-5-1-2-7-13(12)18/h4,8,10,12-13H,1-3,5-7,9,11H2/p+1/t12-,13-/m0/s1. The van der Waals surface area contributed by atoms with Gasteiger partial charge in [-0.15, -0.1) is 21.1 Å². The fourth-order valence-corrected chi connectivity index (χ4v) is 4.81. The predicted octanol–water partition coefficient (Wildman–Crippen LogP) is 1.76. The Hall–Kier alpha value is -1.40. The summed E-state index contributed by atoms with van der Waals surface area (Å²) in [5.41, 5.74) is 0. The average Bonchev–Trinajstić information content (AvgIpc) is 3.18. The maximum Gasteiger partial charge on any atom is 0.442 e. The van der Waals surface area contributed by atoms with Gasteiger partial charge in [-0.2, -0.15) is 0 Å². The predicted molar refractivity (Wildman–Crippen MR) is 84.9 cm³/mol. The first-order chi connectivity index (χ1) is 10.8. The number of fused-ring (bicyclic) bond motifs is 1. The van der Waals surface area contributed by atoms with Gasteiger partial charge in [-0.25, -0.2) is 4.79 Å². The third kappa shape index (κ3) is 2.65. The second kappa shape index (κ2) is 6.01. The van der Waals surface area contributed by atoms with E-state index in [1.165, 1.54) is 48.1 Å². The van der Waals surface area contributed by atoms with Crippen molar-refractivity contribution in [3.8, 4) is 10.8 Å². The highest BCUT2D eigenvalue weighted by molar-refractivity contribution is 7.13. The van der Waals surface area contributed by atoms with Crippen LogP contribution in [-0.2, 0) is 6.67 Å². The summed E-state index contributed by atoms with van der Waals surface area (Å²) < 4.78 is 6.86. The summed E-state index contributed by atoms with van der Waals surface area (Å²) in [4.78, 5) is 14.5. The van der Waals surface area contributed by atoms with E-state index in [2.05, 4.69) is 5.10 Å². The third-order valence-electron chi connectivity index (χ3n) is 5.20. The van der Waals surface area contributed by atoms with E-state index in [9.17, 15) is 4.79 Å². The monoisotopic (exact) mass is 320 g/mol. The Balaban J connectivity index is 1.54. The molecule has 1 unspecified atom stereocenters. The zero-order valence-electron chi connectivity index (χ0n) is 12.7. The molecule has 1 saturated heterocycles. The molecule has 5 nitrogen and oxygen atoms in total. The highest BCUT2D eigenvalue weighted by Crippen LogP contribution is 2.28. The topological polar surface area (TPSA) is 52.5 Å². The maximum atomic E-state index is 12.1. The average molecular weight is 320 g/mol. The maximum absolute atomic E-state index is 12.1. The van der Waals surface area contributed by atoms with Crippen molar-refractivity contribution in [2.45, 2.75) is 51.2 Å². The molecule has 1 aliphatic carbocycles. The first kappa shape index (κ1) is 14.2. The van der Waals surface area contributed by atoms with Crippen molar-refractivity contribution in [2.75, 3.05) is 6.54 Å². The van der Waals surface area contributed by atoms with E-state index in [-0.39, 0.29) is 5.76 Å². The molecule has 0 bridgehead atoms.